The average molecular weight is 374 g/mol. The van der Waals surface area contributed by atoms with Gasteiger partial charge in [-0.25, -0.2) is 8.78 Å². The third-order valence-electron chi connectivity index (χ3n) is 4.58. The Labute approximate surface area is 153 Å². The number of nitrogens with one attached hydrogen (secondary N) is 2. The Bertz CT molecular complexity index is 898. The van der Waals surface area contributed by atoms with Crippen LogP contribution in [0.2, 0.25) is 0 Å². The highest BCUT2D eigenvalue weighted by Gasteiger charge is 2.48. The Balaban J connectivity index is 1.30. The van der Waals surface area contributed by atoms with Crippen LogP contribution in [0.5, 0.6) is 11.5 Å². The van der Waals surface area contributed by atoms with Crippen molar-refractivity contribution >= 4 is 17.5 Å². The smallest absolute Gasteiger partial charge is 0.231 e. The van der Waals surface area contributed by atoms with Gasteiger partial charge in [0.1, 0.15) is 17.3 Å². The van der Waals surface area contributed by atoms with Gasteiger partial charge in [-0.2, -0.15) is 0 Å². The Hall–Kier alpha value is -3.16. The molecule has 4 rings (SSSR count). The number of anilines is 1. The van der Waals surface area contributed by atoms with Crippen LogP contribution >= 0.6 is 0 Å². The first-order valence-corrected chi connectivity index (χ1v) is 8.44. The van der Waals surface area contributed by atoms with Crippen LogP contribution in [0.4, 0.5) is 14.5 Å². The standard InChI is InChI=1S/C19H16F2N2O4/c20-13-2-1-3-14(21)17(13)23-19(25)12-7-11(12)18(24)22-8-10-4-5-15-16(6-10)27-9-26-15/h1-6,11-12H,7-9H2,(H,22,24)(H,23,25). The molecule has 27 heavy (non-hydrogen) atoms. The first kappa shape index (κ1) is 17.3. The number of ether oxygens (including phenoxy) is 2. The van der Waals surface area contributed by atoms with Crippen molar-refractivity contribution in [3.63, 3.8) is 0 Å². The van der Waals surface area contributed by atoms with Crippen LogP contribution in [-0.4, -0.2) is 18.6 Å². The Kier molecular flexibility index (Phi) is 4.39. The zero-order chi connectivity index (χ0) is 19.0. The summed E-state index contributed by atoms with van der Waals surface area (Å²) in [7, 11) is 0. The van der Waals surface area contributed by atoms with Crippen molar-refractivity contribution in [2.45, 2.75) is 13.0 Å². The molecular formula is C19H16F2N2O4. The van der Waals surface area contributed by atoms with Crippen molar-refractivity contribution in [3.05, 3.63) is 53.6 Å². The van der Waals surface area contributed by atoms with Crippen molar-refractivity contribution < 1.29 is 27.8 Å². The lowest BCUT2D eigenvalue weighted by Crippen LogP contribution is -2.27. The summed E-state index contributed by atoms with van der Waals surface area (Å²) in [5.41, 5.74) is 0.344. The molecule has 2 aliphatic rings. The van der Waals surface area contributed by atoms with Gasteiger partial charge in [0, 0.05) is 6.54 Å². The quantitative estimate of drug-likeness (QED) is 0.844. The topological polar surface area (TPSA) is 76.7 Å². The molecule has 6 nitrogen and oxygen atoms in total. The van der Waals surface area contributed by atoms with Gasteiger partial charge in [-0.15, -0.1) is 0 Å². The molecule has 1 saturated carbocycles. The number of para-hydroxylation sites is 1. The first-order valence-electron chi connectivity index (χ1n) is 8.44. The second-order valence-corrected chi connectivity index (χ2v) is 6.44. The maximum atomic E-state index is 13.6. The molecule has 2 unspecified atom stereocenters. The molecule has 1 fully saturated rings. The minimum Gasteiger partial charge on any atom is -0.454 e. The molecule has 0 saturated heterocycles. The van der Waals surface area contributed by atoms with E-state index in [2.05, 4.69) is 10.6 Å². The molecule has 2 aromatic carbocycles. The second kappa shape index (κ2) is 6.86. The highest BCUT2D eigenvalue weighted by molar-refractivity contribution is 5.99. The fourth-order valence-corrected chi connectivity index (χ4v) is 2.98. The molecule has 0 bridgehead atoms. The highest BCUT2D eigenvalue weighted by Crippen LogP contribution is 2.40. The van der Waals surface area contributed by atoms with E-state index < -0.39 is 35.1 Å². The van der Waals surface area contributed by atoms with Crippen molar-refractivity contribution in [1.82, 2.24) is 5.32 Å². The number of amides is 2. The van der Waals surface area contributed by atoms with Crippen LogP contribution in [-0.2, 0) is 16.1 Å². The molecule has 1 aliphatic carbocycles. The molecule has 1 heterocycles. The lowest BCUT2D eigenvalue weighted by Gasteiger charge is -2.08. The number of halogens is 2. The Morgan fingerprint density at radius 3 is 2.48 bits per heavy atom. The van der Waals surface area contributed by atoms with E-state index in [0.717, 1.165) is 17.7 Å². The molecule has 0 spiro atoms. The number of hydrogen-bond donors (Lipinski definition) is 2. The Morgan fingerprint density at radius 1 is 1.00 bits per heavy atom. The number of hydrogen-bond acceptors (Lipinski definition) is 4. The molecule has 0 radical (unpaired) electrons. The summed E-state index contributed by atoms with van der Waals surface area (Å²) in [5.74, 6) is -2.37. The lowest BCUT2D eigenvalue weighted by molar-refractivity contribution is -0.125. The maximum absolute atomic E-state index is 13.6. The van der Waals surface area contributed by atoms with Crippen LogP contribution in [0.3, 0.4) is 0 Å². The number of fused-ring (bicyclic) bond motifs is 1. The van der Waals surface area contributed by atoms with Crippen LogP contribution in [0.15, 0.2) is 36.4 Å². The monoisotopic (exact) mass is 374 g/mol. The van der Waals surface area contributed by atoms with Gasteiger partial charge in [0.15, 0.2) is 11.5 Å². The van der Waals surface area contributed by atoms with Gasteiger partial charge < -0.3 is 20.1 Å². The van der Waals surface area contributed by atoms with Gasteiger partial charge >= 0.3 is 0 Å². The van der Waals surface area contributed by atoms with E-state index in [4.69, 9.17) is 9.47 Å². The van der Waals surface area contributed by atoms with Gasteiger partial charge in [0.25, 0.3) is 0 Å². The summed E-state index contributed by atoms with van der Waals surface area (Å²) in [6.45, 7) is 0.453. The molecule has 1 aliphatic heterocycles. The first-order chi connectivity index (χ1) is 13.0. The van der Waals surface area contributed by atoms with E-state index in [-0.39, 0.29) is 19.2 Å². The van der Waals surface area contributed by atoms with Crippen molar-refractivity contribution in [2.75, 3.05) is 12.1 Å². The molecule has 140 valence electrons. The summed E-state index contributed by atoms with van der Waals surface area (Å²) in [5, 5.41) is 4.99. The summed E-state index contributed by atoms with van der Waals surface area (Å²) >= 11 is 0. The van der Waals surface area contributed by atoms with Crippen LogP contribution < -0.4 is 20.1 Å². The fraction of sp³-hybridized carbons (Fsp3) is 0.263. The van der Waals surface area contributed by atoms with E-state index in [1.165, 1.54) is 6.07 Å². The van der Waals surface area contributed by atoms with E-state index in [1.54, 1.807) is 12.1 Å². The summed E-state index contributed by atoms with van der Waals surface area (Å²) < 4.78 is 37.7. The molecule has 2 amide bonds. The van der Waals surface area contributed by atoms with Crippen LogP contribution in [0.1, 0.15) is 12.0 Å². The third-order valence-corrected chi connectivity index (χ3v) is 4.58. The molecular weight excluding hydrogens is 358 g/mol. The summed E-state index contributed by atoms with van der Waals surface area (Å²) in [4.78, 5) is 24.4. The summed E-state index contributed by atoms with van der Waals surface area (Å²) in [6, 6.07) is 8.68. The SMILES string of the molecule is O=C(NCc1ccc2c(c1)OCO2)C1CC1C(=O)Nc1c(F)cccc1F. The van der Waals surface area contributed by atoms with Crippen LogP contribution in [0.25, 0.3) is 0 Å². The summed E-state index contributed by atoms with van der Waals surface area (Å²) in [6.07, 6.45) is 0.342. The predicted molar refractivity (Wildman–Crippen MR) is 91.0 cm³/mol. The van der Waals surface area contributed by atoms with Gasteiger partial charge in [0.2, 0.25) is 18.6 Å². The van der Waals surface area contributed by atoms with E-state index in [9.17, 15) is 18.4 Å². The van der Waals surface area contributed by atoms with Crippen molar-refractivity contribution in [2.24, 2.45) is 11.8 Å². The molecule has 8 heteroatoms. The lowest BCUT2D eigenvalue weighted by atomic mass is 10.2. The Morgan fingerprint density at radius 2 is 1.70 bits per heavy atom. The van der Waals surface area contributed by atoms with Crippen molar-refractivity contribution in [3.8, 4) is 11.5 Å². The largest absolute Gasteiger partial charge is 0.454 e. The van der Waals surface area contributed by atoms with Crippen molar-refractivity contribution in [1.29, 1.82) is 0 Å². The van der Waals surface area contributed by atoms with Gasteiger partial charge in [-0.3, -0.25) is 9.59 Å². The minimum atomic E-state index is -0.854. The van der Waals surface area contributed by atoms with Gasteiger partial charge in [0.05, 0.1) is 11.8 Å². The molecule has 2 aromatic rings. The number of carbonyl (C=O) groups excluding carboxylic acids is 2. The maximum Gasteiger partial charge on any atom is 0.231 e. The molecule has 0 aromatic heterocycles. The van der Waals surface area contributed by atoms with Crippen LogP contribution in [0, 0.1) is 23.5 Å². The zero-order valence-electron chi connectivity index (χ0n) is 14.1. The normalized spacial score (nSPS) is 19.5. The van der Waals surface area contributed by atoms with Gasteiger partial charge in [-0.05, 0) is 36.2 Å². The van der Waals surface area contributed by atoms with Gasteiger partial charge in [-0.1, -0.05) is 12.1 Å². The number of carbonyl (C=O) groups is 2. The zero-order valence-corrected chi connectivity index (χ0v) is 14.1. The average Bonchev–Trinajstić information content (AvgIpc) is 3.33. The van der Waals surface area contributed by atoms with E-state index in [0.29, 0.717) is 17.9 Å². The number of benzene rings is 2. The fourth-order valence-electron chi connectivity index (χ4n) is 2.98. The highest BCUT2D eigenvalue weighted by atomic mass is 19.1. The van der Waals surface area contributed by atoms with E-state index in [1.807, 2.05) is 6.07 Å². The minimum absolute atomic E-state index is 0.173. The predicted octanol–water partition coefficient (Wildman–Crippen LogP) is 2.58. The third kappa shape index (κ3) is 3.55. The second-order valence-electron chi connectivity index (χ2n) is 6.44. The molecule has 2 N–H and O–H groups in total. The molecule has 2 atom stereocenters. The van der Waals surface area contributed by atoms with E-state index >= 15 is 0 Å². The number of rotatable bonds is 5.